The Morgan fingerprint density at radius 2 is 1.81 bits per heavy atom. The molecule has 4 nitrogen and oxygen atoms in total. The predicted molar refractivity (Wildman–Crippen MR) is 72.6 cm³/mol. The van der Waals surface area contributed by atoms with E-state index in [1.54, 1.807) is 24.3 Å². The molecule has 0 bridgehead atoms. The van der Waals surface area contributed by atoms with Crippen molar-refractivity contribution in [1.82, 2.24) is 0 Å². The van der Waals surface area contributed by atoms with E-state index < -0.39 is 17.5 Å². The van der Waals surface area contributed by atoms with Crippen LogP contribution in [0.2, 0.25) is 0 Å². The molecule has 21 heavy (non-hydrogen) atoms. The third-order valence-corrected chi connectivity index (χ3v) is 2.82. The van der Waals surface area contributed by atoms with Crippen LogP contribution in [0.4, 0.5) is 18.9 Å². The van der Waals surface area contributed by atoms with Gasteiger partial charge in [-0.15, -0.1) is 0 Å². The van der Waals surface area contributed by atoms with Crippen LogP contribution in [0, 0.1) is 17.5 Å². The van der Waals surface area contributed by atoms with Gasteiger partial charge in [0, 0.05) is 24.2 Å². The van der Waals surface area contributed by atoms with E-state index in [1.165, 1.54) is 0 Å². The van der Waals surface area contributed by atoms with Gasteiger partial charge >= 0.3 is 0 Å². The molecule has 0 unspecified atom stereocenters. The van der Waals surface area contributed by atoms with Crippen molar-refractivity contribution in [2.75, 3.05) is 5.32 Å². The average molecular weight is 295 g/mol. The first kappa shape index (κ1) is 14.7. The first-order valence-electron chi connectivity index (χ1n) is 5.96. The topological polar surface area (TPSA) is 70.6 Å². The maximum atomic E-state index is 13.5. The summed E-state index contributed by atoms with van der Waals surface area (Å²) < 4.78 is 39.3. The van der Waals surface area contributed by atoms with Crippen molar-refractivity contribution in [2.45, 2.75) is 6.54 Å². The van der Waals surface area contributed by atoms with Gasteiger partial charge in [-0.25, -0.2) is 13.2 Å². The molecule has 0 fully saturated rings. The molecule has 4 N–H and O–H groups in total. The second-order valence-electron chi connectivity index (χ2n) is 4.29. The van der Waals surface area contributed by atoms with E-state index in [2.05, 4.69) is 10.5 Å². The van der Waals surface area contributed by atoms with Crippen molar-refractivity contribution < 1.29 is 18.4 Å². The number of benzene rings is 2. The van der Waals surface area contributed by atoms with Crippen molar-refractivity contribution in [1.29, 1.82) is 0 Å². The summed E-state index contributed by atoms with van der Waals surface area (Å²) in [5.74, 6) is -3.33. The lowest BCUT2D eigenvalue weighted by Crippen LogP contribution is -2.13. The van der Waals surface area contributed by atoms with Crippen LogP contribution in [0.15, 0.2) is 41.6 Å². The van der Waals surface area contributed by atoms with Crippen LogP contribution in [-0.4, -0.2) is 11.0 Å². The third kappa shape index (κ3) is 3.44. The lowest BCUT2D eigenvalue weighted by atomic mass is 10.1. The van der Waals surface area contributed by atoms with Crippen molar-refractivity contribution in [3.63, 3.8) is 0 Å². The molecule has 7 heteroatoms. The van der Waals surface area contributed by atoms with Gasteiger partial charge in [0.1, 0.15) is 5.82 Å². The zero-order valence-corrected chi connectivity index (χ0v) is 10.8. The minimum atomic E-state index is -1.24. The smallest absolute Gasteiger partial charge is 0.170 e. The fourth-order valence-corrected chi connectivity index (χ4v) is 1.75. The Hall–Kier alpha value is -2.70. The summed E-state index contributed by atoms with van der Waals surface area (Å²) >= 11 is 0. The Bertz CT molecular complexity index is 689. The first-order valence-corrected chi connectivity index (χ1v) is 5.96. The number of anilines is 1. The van der Waals surface area contributed by atoms with E-state index in [0.717, 1.165) is 6.07 Å². The molecule has 0 amide bonds. The van der Waals surface area contributed by atoms with Crippen LogP contribution < -0.4 is 11.1 Å². The van der Waals surface area contributed by atoms with Gasteiger partial charge in [0.05, 0.1) is 5.69 Å². The quantitative estimate of drug-likeness (QED) is 0.267. The molecule has 0 atom stereocenters. The van der Waals surface area contributed by atoms with Crippen LogP contribution in [0.5, 0.6) is 0 Å². The second kappa shape index (κ2) is 6.17. The van der Waals surface area contributed by atoms with Crippen molar-refractivity contribution in [3.05, 3.63) is 65.0 Å². The number of amidine groups is 1. The zero-order chi connectivity index (χ0) is 15.4. The van der Waals surface area contributed by atoms with Crippen LogP contribution in [0.1, 0.15) is 11.1 Å². The molecule has 0 saturated carbocycles. The summed E-state index contributed by atoms with van der Waals surface area (Å²) in [4.78, 5) is 0. The van der Waals surface area contributed by atoms with Gasteiger partial charge in [-0.3, -0.25) is 0 Å². The highest BCUT2D eigenvalue weighted by molar-refractivity contribution is 5.97. The minimum absolute atomic E-state index is 0.0594. The highest BCUT2D eigenvalue weighted by Crippen LogP contribution is 2.19. The minimum Gasteiger partial charge on any atom is -0.409 e. The Kier molecular flexibility index (Phi) is 4.32. The van der Waals surface area contributed by atoms with Gasteiger partial charge in [0.15, 0.2) is 17.5 Å². The molecule has 0 heterocycles. The zero-order valence-electron chi connectivity index (χ0n) is 10.8. The molecule has 0 radical (unpaired) electrons. The number of nitrogens with two attached hydrogens (primary N) is 1. The summed E-state index contributed by atoms with van der Waals surface area (Å²) in [5.41, 5.74) is 6.50. The largest absolute Gasteiger partial charge is 0.409 e. The van der Waals surface area contributed by atoms with E-state index in [0.29, 0.717) is 17.2 Å². The van der Waals surface area contributed by atoms with Gasteiger partial charge in [0.2, 0.25) is 0 Å². The Morgan fingerprint density at radius 1 is 1.10 bits per heavy atom. The summed E-state index contributed by atoms with van der Waals surface area (Å²) in [6.07, 6.45) is 0. The molecule has 0 aliphatic rings. The Balaban J connectivity index is 2.15. The van der Waals surface area contributed by atoms with Gasteiger partial charge in [-0.05, 0) is 11.6 Å². The molecule has 2 rings (SSSR count). The number of nitrogens with zero attached hydrogens (tertiary/aromatic N) is 1. The molecule has 0 aromatic heterocycles. The van der Waals surface area contributed by atoms with Gasteiger partial charge in [0.25, 0.3) is 0 Å². The molecular formula is C14H12F3N3O. The normalized spacial score (nSPS) is 11.5. The molecule has 0 spiro atoms. The summed E-state index contributed by atoms with van der Waals surface area (Å²) in [5, 5.41) is 14.1. The third-order valence-electron chi connectivity index (χ3n) is 2.82. The standard InChI is InChI=1S/C14H12F3N3O/c15-10-5-12(17)13(6-11(10)16)19-7-8-2-1-3-9(4-8)14(18)20-21/h1-6,19,21H,7H2,(H2,18,20). The van der Waals surface area contributed by atoms with Crippen LogP contribution in [0.3, 0.4) is 0 Å². The fourth-order valence-electron chi connectivity index (χ4n) is 1.75. The molecular weight excluding hydrogens is 283 g/mol. The number of rotatable bonds is 4. The number of oxime groups is 1. The number of nitrogens with one attached hydrogen (secondary N) is 1. The summed E-state index contributed by atoms with van der Waals surface area (Å²) in [6, 6.07) is 7.88. The summed E-state index contributed by atoms with van der Waals surface area (Å²) in [6.45, 7) is 0.161. The van der Waals surface area contributed by atoms with Crippen LogP contribution in [0.25, 0.3) is 0 Å². The van der Waals surface area contributed by atoms with Crippen LogP contribution >= 0.6 is 0 Å². The van der Waals surface area contributed by atoms with E-state index in [9.17, 15) is 13.2 Å². The molecule has 2 aromatic carbocycles. The molecule has 2 aromatic rings. The van der Waals surface area contributed by atoms with Crippen molar-refractivity contribution in [2.24, 2.45) is 10.9 Å². The van der Waals surface area contributed by atoms with E-state index in [4.69, 9.17) is 10.9 Å². The number of hydrogen-bond donors (Lipinski definition) is 3. The fraction of sp³-hybridized carbons (Fsp3) is 0.0714. The van der Waals surface area contributed by atoms with Crippen molar-refractivity contribution in [3.8, 4) is 0 Å². The van der Waals surface area contributed by atoms with Crippen molar-refractivity contribution >= 4 is 11.5 Å². The Labute approximate surface area is 118 Å². The lowest BCUT2D eigenvalue weighted by molar-refractivity contribution is 0.318. The SMILES string of the molecule is NC(=NO)c1cccc(CNc2cc(F)c(F)cc2F)c1. The highest BCUT2D eigenvalue weighted by Gasteiger charge is 2.09. The molecule has 0 saturated heterocycles. The number of hydrogen-bond acceptors (Lipinski definition) is 3. The summed E-state index contributed by atoms with van der Waals surface area (Å²) in [7, 11) is 0. The van der Waals surface area contributed by atoms with Gasteiger partial charge in [-0.2, -0.15) is 0 Å². The van der Waals surface area contributed by atoms with Crippen LogP contribution in [-0.2, 0) is 6.54 Å². The average Bonchev–Trinajstić information content (AvgIpc) is 2.49. The molecule has 0 aliphatic heterocycles. The maximum absolute atomic E-state index is 13.5. The predicted octanol–water partition coefficient (Wildman–Crippen LogP) is 2.81. The molecule has 0 aliphatic carbocycles. The first-order chi connectivity index (χ1) is 10.0. The second-order valence-corrected chi connectivity index (χ2v) is 4.29. The van der Waals surface area contributed by atoms with E-state index in [1.807, 2.05) is 0 Å². The Morgan fingerprint density at radius 3 is 2.52 bits per heavy atom. The van der Waals surface area contributed by atoms with Gasteiger partial charge in [-0.1, -0.05) is 23.4 Å². The molecule has 110 valence electrons. The lowest BCUT2D eigenvalue weighted by Gasteiger charge is -2.09. The van der Waals surface area contributed by atoms with Gasteiger partial charge < -0.3 is 16.3 Å². The number of halogens is 3. The highest BCUT2D eigenvalue weighted by atomic mass is 19.2. The maximum Gasteiger partial charge on any atom is 0.170 e. The van der Waals surface area contributed by atoms with E-state index >= 15 is 0 Å². The van der Waals surface area contributed by atoms with E-state index in [-0.39, 0.29) is 18.1 Å². The monoisotopic (exact) mass is 295 g/mol.